The van der Waals surface area contributed by atoms with E-state index in [0.717, 1.165) is 27.2 Å². The maximum atomic E-state index is 13.8. The van der Waals surface area contributed by atoms with E-state index in [4.69, 9.17) is 0 Å². The summed E-state index contributed by atoms with van der Waals surface area (Å²) in [6.45, 7) is 4.11. The average Bonchev–Trinajstić information content (AvgIpc) is 3.22. The third-order valence-corrected chi connectivity index (χ3v) is 7.28. The summed E-state index contributed by atoms with van der Waals surface area (Å²) >= 11 is 1.47. The molecule has 0 aliphatic carbocycles. The molecule has 4 aromatic rings. The zero-order chi connectivity index (χ0) is 20.6. The molecule has 1 N–H and O–H groups in total. The fraction of sp³-hybridized carbons (Fsp3) is 0.200. The van der Waals surface area contributed by atoms with Crippen molar-refractivity contribution >= 4 is 26.3 Å². The van der Waals surface area contributed by atoms with Crippen LogP contribution in [0.4, 0.5) is 4.39 Å². The molecule has 2 aromatic carbocycles. The Kier molecular flexibility index (Phi) is 5.20. The number of aryl methyl sites for hydroxylation is 2. The maximum absolute atomic E-state index is 13.8. The number of nitrogens with one attached hydrogen (secondary N) is 1. The van der Waals surface area contributed by atoms with E-state index >= 15 is 0 Å². The van der Waals surface area contributed by atoms with Crippen LogP contribution in [0, 0.1) is 19.7 Å². The van der Waals surface area contributed by atoms with Gasteiger partial charge in [-0.25, -0.2) is 22.0 Å². The number of nitrogens with zero attached hydrogens (tertiary/aromatic N) is 3. The Labute approximate surface area is 172 Å². The fourth-order valence-electron chi connectivity index (χ4n) is 2.98. The van der Waals surface area contributed by atoms with Gasteiger partial charge in [-0.2, -0.15) is 4.98 Å². The minimum Gasteiger partial charge on any atom is -0.211 e. The van der Waals surface area contributed by atoms with Crippen LogP contribution in [-0.4, -0.2) is 29.6 Å². The van der Waals surface area contributed by atoms with Crippen molar-refractivity contribution in [2.75, 3.05) is 6.54 Å². The maximum Gasteiger partial charge on any atom is 0.243 e. The Morgan fingerprint density at radius 2 is 1.83 bits per heavy atom. The van der Waals surface area contributed by atoms with Crippen LogP contribution in [0.3, 0.4) is 0 Å². The van der Waals surface area contributed by atoms with E-state index in [1.165, 1.54) is 35.1 Å². The van der Waals surface area contributed by atoms with Crippen molar-refractivity contribution in [2.24, 2.45) is 0 Å². The number of sulfonamides is 1. The summed E-state index contributed by atoms with van der Waals surface area (Å²) in [5.41, 5.74) is 3.04. The molecule has 0 saturated carbocycles. The molecule has 0 spiro atoms. The molecule has 0 fully saturated rings. The molecule has 2 aromatic heterocycles. The molecule has 4 rings (SSSR count). The topological polar surface area (TPSA) is 76.4 Å². The third-order valence-electron chi connectivity index (χ3n) is 4.59. The van der Waals surface area contributed by atoms with E-state index in [0.29, 0.717) is 12.2 Å². The van der Waals surface area contributed by atoms with Gasteiger partial charge < -0.3 is 0 Å². The molecule has 0 saturated heterocycles. The van der Waals surface area contributed by atoms with Gasteiger partial charge in [0.15, 0.2) is 5.82 Å². The van der Waals surface area contributed by atoms with Gasteiger partial charge in [-0.3, -0.25) is 0 Å². The number of hydrogen-bond acceptors (Lipinski definition) is 5. The minimum atomic E-state index is -3.90. The third kappa shape index (κ3) is 3.93. The van der Waals surface area contributed by atoms with E-state index < -0.39 is 15.8 Å². The lowest BCUT2D eigenvalue weighted by molar-refractivity contribution is 0.557. The lowest BCUT2D eigenvalue weighted by Crippen LogP contribution is -2.26. The standard InChI is InChI=1S/C20H19FN4O2S2/c1-13-7-9-15(10-8-13)19-23-20-25(24-19)14(2)17(28-20)11-12-22-29(26,27)18-6-4-3-5-16(18)21/h3-10,22H,11-12H2,1-2H3. The van der Waals surface area contributed by atoms with Gasteiger partial charge in [-0.05, 0) is 32.4 Å². The molecule has 9 heteroatoms. The highest BCUT2D eigenvalue weighted by Gasteiger charge is 2.19. The van der Waals surface area contributed by atoms with Crippen LogP contribution in [0.1, 0.15) is 16.1 Å². The number of hydrogen-bond donors (Lipinski definition) is 1. The van der Waals surface area contributed by atoms with Crippen molar-refractivity contribution in [2.45, 2.75) is 25.2 Å². The normalized spacial score (nSPS) is 12.0. The summed E-state index contributed by atoms with van der Waals surface area (Å²) in [5, 5.41) is 4.58. The number of aromatic nitrogens is 3. The van der Waals surface area contributed by atoms with Crippen molar-refractivity contribution in [3.8, 4) is 11.4 Å². The molecule has 0 unspecified atom stereocenters. The van der Waals surface area contributed by atoms with Crippen molar-refractivity contribution in [3.05, 3.63) is 70.5 Å². The molecule has 29 heavy (non-hydrogen) atoms. The van der Waals surface area contributed by atoms with Gasteiger partial charge >= 0.3 is 0 Å². The number of fused-ring (bicyclic) bond motifs is 1. The molecular formula is C20H19FN4O2S2. The van der Waals surface area contributed by atoms with Crippen molar-refractivity contribution < 1.29 is 12.8 Å². The molecule has 0 aliphatic heterocycles. The van der Waals surface area contributed by atoms with Crippen LogP contribution in [0.15, 0.2) is 53.4 Å². The average molecular weight is 431 g/mol. The zero-order valence-corrected chi connectivity index (χ0v) is 17.5. The highest BCUT2D eigenvalue weighted by molar-refractivity contribution is 7.89. The van der Waals surface area contributed by atoms with E-state index in [1.54, 1.807) is 4.52 Å². The van der Waals surface area contributed by atoms with Crippen LogP contribution >= 0.6 is 11.3 Å². The minimum absolute atomic E-state index is 0.159. The Balaban J connectivity index is 1.49. The summed E-state index contributed by atoms with van der Waals surface area (Å²) < 4.78 is 42.6. The van der Waals surface area contributed by atoms with Gasteiger partial charge in [-0.15, -0.1) is 5.10 Å². The number of benzene rings is 2. The van der Waals surface area contributed by atoms with E-state index in [1.807, 2.05) is 38.1 Å². The van der Waals surface area contributed by atoms with Crippen molar-refractivity contribution in [3.63, 3.8) is 0 Å². The van der Waals surface area contributed by atoms with Gasteiger partial charge in [0.1, 0.15) is 10.7 Å². The molecule has 150 valence electrons. The monoisotopic (exact) mass is 430 g/mol. The molecule has 6 nitrogen and oxygen atoms in total. The van der Waals surface area contributed by atoms with E-state index in [9.17, 15) is 12.8 Å². The summed E-state index contributed by atoms with van der Waals surface area (Å²) in [4.78, 5) is 5.98. The fourth-order valence-corrected chi connectivity index (χ4v) is 5.14. The Bertz CT molecular complexity index is 1280. The molecule has 0 atom stereocenters. The van der Waals surface area contributed by atoms with E-state index in [-0.39, 0.29) is 11.4 Å². The molecule has 0 amide bonds. The molecule has 2 heterocycles. The lowest BCUT2D eigenvalue weighted by Gasteiger charge is -2.07. The SMILES string of the molecule is Cc1ccc(-c2nc3sc(CCNS(=O)(=O)c4ccccc4F)c(C)n3n2)cc1. The summed E-state index contributed by atoms with van der Waals surface area (Å²) in [7, 11) is -3.90. The van der Waals surface area contributed by atoms with Crippen LogP contribution in [0.5, 0.6) is 0 Å². The second-order valence-electron chi connectivity index (χ2n) is 6.68. The predicted molar refractivity (Wildman–Crippen MR) is 111 cm³/mol. The largest absolute Gasteiger partial charge is 0.243 e. The second-order valence-corrected chi connectivity index (χ2v) is 9.48. The smallest absolute Gasteiger partial charge is 0.211 e. The lowest BCUT2D eigenvalue weighted by atomic mass is 10.1. The van der Waals surface area contributed by atoms with Crippen molar-refractivity contribution in [1.82, 2.24) is 19.3 Å². The Hall–Kier alpha value is -2.62. The molecule has 0 aliphatic rings. The highest BCUT2D eigenvalue weighted by Crippen LogP contribution is 2.25. The zero-order valence-electron chi connectivity index (χ0n) is 15.9. The Morgan fingerprint density at radius 3 is 2.52 bits per heavy atom. The molecule has 0 bridgehead atoms. The summed E-state index contributed by atoms with van der Waals surface area (Å²) in [6, 6.07) is 13.3. The quantitative estimate of drug-likeness (QED) is 0.506. The summed E-state index contributed by atoms with van der Waals surface area (Å²) in [5.74, 6) is -0.107. The van der Waals surface area contributed by atoms with Gasteiger partial charge in [0.05, 0.1) is 5.69 Å². The predicted octanol–water partition coefficient (Wildman–Crippen LogP) is 3.73. The first kappa shape index (κ1) is 19.7. The van der Waals surface area contributed by atoms with Crippen LogP contribution in [0.25, 0.3) is 16.3 Å². The first-order valence-corrected chi connectivity index (χ1v) is 11.3. The Morgan fingerprint density at radius 1 is 1.10 bits per heavy atom. The summed E-state index contributed by atoms with van der Waals surface area (Å²) in [6.07, 6.45) is 0.467. The molecule has 0 radical (unpaired) electrons. The number of thiazole rings is 1. The van der Waals surface area contributed by atoms with Crippen LogP contribution in [0.2, 0.25) is 0 Å². The molecular weight excluding hydrogens is 411 g/mol. The first-order chi connectivity index (χ1) is 13.8. The first-order valence-electron chi connectivity index (χ1n) is 9.01. The van der Waals surface area contributed by atoms with Crippen molar-refractivity contribution in [1.29, 1.82) is 0 Å². The van der Waals surface area contributed by atoms with Gasteiger partial charge in [0.2, 0.25) is 15.0 Å². The number of halogens is 1. The van der Waals surface area contributed by atoms with Gasteiger partial charge in [0, 0.05) is 17.0 Å². The van der Waals surface area contributed by atoms with Gasteiger partial charge in [0.25, 0.3) is 0 Å². The highest BCUT2D eigenvalue weighted by atomic mass is 32.2. The van der Waals surface area contributed by atoms with E-state index in [2.05, 4.69) is 14.8 Å². The van der Waals surface area contributed by atoms with Crippen LogP contribution < -0.4 is 4.72 Å². The van der Waals surface area contributed by atoms with Crippen LogP contribution in [-0.2, 0) is 16.4 Å². The second kappa shape index (κ2) is 7.66. The number of rotatable bonds is 6. The van der Waals surface area contributed by atoms with Gasteiger partial charge in [-0.1, -0.05) is 53.3 Å².